The van der Waals surface area contributed by atoms with Gasteiger partial charge >= 0.3 is 0 Å². The van der Waals surface area contributed by atoms with Crippen LogP contribution in [0.4, 0.5) is 0 Å². The van der Waals surface area contributed by atoms with Gasteiger partial charge in [0.15, 0.2) is 0 Å². The second-order valence-corrected chi connectivity index (χ2v) is 5.34. The van der Waals surface area contributed by atoms with Gasteiger partial charge in [-0.05, 0) is 32.3 Å². The van der Waals surface area contributed by atoms with Gasteiger partial charge in [-0.2, -0.15) is 0 Å². The second-order valence-electron chi connectivity index (χ2n) is 5.34. The van der Waals surface area contributed by atoms with Crippen LogP contribution < -0.4 is 5.73 Å². The molecule has 0 saturated carbocycles. The van der Waals surface area contributed by atoms with Gasteiger partial charge in [0.2, 0.25) is 5.91 Å². The van der Waals surface area contributed by atoms with Crippen LogP contribution in [0.15, 0.2) is 24.3 Å². The Labute approximate surface area is 109 Å². The van der Waals surface area contributed by atoms with Crippen LogP contribution in [0, 0.1) is 6.92 Å². The second kappa shape index (κ2) is 5.53. The molecule has 1 saturated heterocycles. The first-order valence-electron chi connectivity index (χ1n) is 6.69. The van der Waals surface area contributed by atoms with E-state index in [0.29, 0.717) is 6.42 Å². The minimum Gasteiger partial charge on any atom is -0.336 e. The first-order chi connectivity index (χ1) is 8.58. The third kappa shape index (κ3) is 2.91. The van der Waals surface area contributed by atoms with Gasteiger partial charge in [-0.15, -0.1) is 0 Å². The number of carbonyl (C=O) groups excluding carboxylic acids is 1. The smallest absolute Gasteiger partial charge is 0.224 e. The van der Waals surface area contributed by atoms with Crippen LogP contribution in [0.3, 0.4) is 0 Å². The highest BCUT2D eigenvalue weighted by atomic mass is 16.2. The standard InChI is InChI=1S/C15H22N2O/c1-11-5-7-13(8-6-11)14-4-3-9-17(14)15(18)10-12(2)16/h5-8,12,14H,3-4,9-10,16H2,1-2H3. The van der Waals surface area contributed by atoms with Crippen molar-refractivity contribution in [3.63, 3.8) is 0 Å². The summed E-state index contributed by atoms with van der Waals surface area (Å²) in [6.07, 6.45) is 2.60. The molecule has 1 aliphatic heterocycles. The zero-order chi connectivity index (χ0) is 13.1. The van der Waals surface area contributed by atoms with E-state index in [4.69, 9.17) is 5.73 Å². The number of hydrogen-bond donors (Lipinski definition) is 1. The van der Waals surface area contributed by atoms with Gasteiger partial charge < -0.3 is 10.6 Å². The minimum absolute atomic E-state index is 0.0585. The molecule has 1 amide bonds. The van der Waals surface area contributed by atoms with Crippen molar-refractivity contribution >= 4 is 5.91 Å². The number of nitrogens with two attached hydrogens (primary N) is 1. The quantitative estimate of drug-likeness (QED) is 0.890. The molecule has 0 aromatic heterocycles. The monoisotopic (exact) mass is 246 g/mol. The van der Waals surface area contributed by atoms with Crippen molar-refractivity contribution in [2.24, 2.45) is 5.73 Å². The molecule has 1 aromatic carbocycles. The molecule has 1 aliphatic rings. The predicted molar refractivity (Wildman–Crippen MR) is 73.1 cm³/mol. The highest BCUT2D eigenvalue weighted by Gasteiger charge is 2.29. The van der Waals surface area contributed by atoms with E-state index >= 15 is 0 Å². The van der Waals surface area contributed by atoms with Crippen molar-refractivity contribution in [3.8, 4) is 0 Å². The summed E-state index contributed by atoms with van der Waals surface area (Å²) in [5.41, 5.74) is 8.22. The maximum atomic E-state index is 12.2. The van der Waals surface area contributed by atoms with Crippen LogP contribution in [0.5, 0.6) is 0 Å². The number of aryl methyl sites for hydroxylation is 1. The van der Waals surface area contributed by atoms with Crippen LogP contribution in [0.2, 0.25) is 0 Å². The molecule has 1 heterocycles. The summed E-state index contributed by atoms with van der Waals surface area (Å²) in [5.74, 6) is 0.188. The lowest BCUT2D eigenvalue weighted by atomic mass is 10.0. The van der Waals surface area contributed by atoms with Crippen molar-refractivity contribution in [1.29, 1.82) is 0 Å². The fourth-order valence-electron chi connectivity index (χ4n) is 2.59. The summed E-state index contributed by atoms with van der Waals surface area (Å²) in [4.78, 5) is 14.1. The van der Waals surface area contributed by atoms with Gasteiger partial charge in [0, 0.05) is 19.0 Å². The molecule has 2 N–H and O–H groups in total. The van der Waals surface area contributed by atoms with Gasteiger partial charge in [-0.1, -0.05) is 29.8 Å². The fraction of sp³-hybridized carbons (Fsp3) is 0.533. The van der Waals surface area contributed by atoms with Gasteiger partial charge in [-0.3, -0.25) is 4.79 Å². The molecule has 98 valence electrons. The van der Waals surface area contributed by atoms with Crippen LogP contribution in [-0.4, -0.2) is 23.4 Å². The van der Waals surface area contributed by atoms with E-state index < -0.39 is 0 Å². The van der Waals surface area contributed by atoms with Crippen molar-refractivity contribution in [2.75, 3.05) is 6.54 Å². The number of likely N-dealkylation sites (tertiary alicyclic amines) is 1. The van der Waals surface area contributed by atoms with Gasteiger partial charge in [0.05, 0.1) is 6.04 Å². The molecule has 2 rings (SSSR count). The maximum absolute atomic E-state index is 12.2. The van der Waals surface area contributed by atoms with E-state index in [2.05, 4.69) is 31.2 Å². The molecule has 3 heteroatoms. The number of benzene rings is 1. The van der Waals surface area contributed by atoms with Crippen molar-refractivity contribution in [1.82, 2.24) is 4.90 Å². The summed E-state index contributed by atoms with van der Waals surface area (Å²) in [6, 6.07) is 8.69. The molecule has 0 bridgehead atoms. The summed E-state index contributed by atoms with van der Waals surface area (Å²) in [7, 11) is 0. The first kappa shape index (κ1) is 13.1. The normalized spacial score (nSPS) is 21.1. The molecule has 1 fully saturated rings. The molecule has 1 aromatic rings. The number of amides is 1. The predicted octanol–water partition coefficient (Wildman–Crippen LogP) is 2.40. The summed E-state index contributed by atoms with van der Waals surface area (Å²) < 4.78 is 0. The number of hydrogen-bond acceptors (Lipinski definition) is 2. The average molecular weight is 246 g/mol. The Morgan fingerprint density at radius 2 is 2.11 bits per heavy atom. The highest BCUT2D eigenvalue weighted by molar-refractivity contribution is 5.77. The number of carbonyl (C=O) groups is 1. The van der Waals surface area contributed by atoms with E-state index in [1.807, 2.05) is 11.8 Å². The minimum atomic E-state index is -0.0585. The Balaban J connectivity index is 2.12. The van der Waals surface area contributed by atoms with Crippen LogP contribution in [0.1, 0.15) is 43.4 Å². The third-order valence-electron chi connectivity index (χ3n) is 3.53. The van der Waals surface area contributed by atoms with Gasteiger partial charge in [0.25, 0.3) is 0 Å². The van der Waals surface area contributed by atoms with E-state index in [-0.39, 0.29) is 18.0 Å². The molecule has 2 unspecified atom stereocenters. The Morgan fingerprint density at radius 3 is 2.72 bits per heavy atom. The van der Waals surface area contributed by atoms with Crippen molar-refractivity contribution in [3.05, 3.63) is 35.4 Å². The molecule has 0 radical (unpaired) electrons. The van der Waals surface area contributed by atoms with Crippen molar-refractivity contribution in [2.45, 2.75) is 45.2 Å². The van der Waals surface area contributed by atoms with E-state index in [1.54, 1.807) is 0 Å². The Bertz CT molecular complexity index is 411. The summed E-state index contributed by atoms with van der Waals surface area (Å²) in [6.45, 7) is 4.83. The Morgan fingerprint density at radius 1 is 1.44 bits per heavy atom. The first-order valence-corrected chi connectivity index (χ1v) is 6.69. The fourth-order valence-corrected chi connectivity index (χ4v) is 2.59. The number of rotatable bonds is 3. The lowest BCUT2D eigenvalue weighted by molar-refractivity contribution is -0.132. The van der Waals surface area contributed by atoms with E-state index in [9.17, 15) is 4.79 Å². The lowest BCUT2D eigenvalue weighted by Gasteiger charge is -2.26. The molecule has 0 aliphatic carbocycles. The molecule has 2 atom stereocenters. The lowest BCUT2D eigenvalue weighted by Crippen LogP contribution is -2.34. The average Bonchev–Trinajstić information content (AvgIpc) is 2.78. The summed E-state index contributed by atoms with van der Waals surface area (Å²) in [5, 5.41) is 0. The molecule has 18 heavy (non-hydrogen) atoms. The van der Waals surface area contributed by atoms with Crippen molar-refractivity contribution < 1.29 is 4.79 Å². The van der Waals surface area contributed by atoms with Crippen LogP contribution in [-0.2, 0) is 4.79 Å². The maximum Gasteiger partial charge on any atom is 0.224 e. The zero-order valence-corrected chi connectivity index (χ0v) is 11.2. The molecular formula is C15H22N2O. The Kier molecular flexibility index (Phi) is 4.02. The van der Waals surface area contributed by atoms with Crippen LogP contribution >= 0.6 is 0 Å². The molecule has 3 nitrogen and oxygen atoms in total. The van der Waals surface area contributed by atoms with E-state index in [1.165, 1.54) is 11.1 Å². The number of nitrogens with zero attached hydrogens (tertiary/aromatic N) is 1. The van der Waals surface area contributed by atoms with Gasteiger partial charge in [0.1, 0.15) is 0 Å². The molecule has 0 spiro atoms. The van der Waals surface area contributed by atoms with E-state index in [0.717, 1.165) is 19.4 Å². The topological polar surface area (TPSA) is 46.3 Å². The highest BCUT2D eigenvalue weighted by Crippen LogP contribution is 2.32. The SMILES string of the molecule is Cc1ccc(C2CCCN2C(=O)CC(C)N)cc1. The van der Waals surface area contributed by atoms with Gasteiger partial charge in [-0.25, -0.2) is 0 Å². The zero-order valence-electron chi connectivity index (χ0n) is 11.2. The third-order valence-corrected chi connectivity index (χ3v) is 3.53. The largest absolute Gasteiger partial charge is 0.336 e. The Hall–Kier alpha value is -1.35. The summed E-state index contributed by atoms with van der Waals surface area (Å²) >= 11 is 0. The molecular weight excluding hydrogens is 224 g/mol. The van der Waals surface area contributed by atoms with Crippen LogP contribution in [0.25, 0.3) is 0 Å².